The normalized spacial score (nSPS) is 10.9. The number of benzene rings is 1. The first-order valence-electron chi connectivity index (χ1n) is 7.05. The number of aromatic nitrogens is 3. The minimum atomic E-state index is -0.140. The van der Waals surface area contributed by atoms with Crippen LogP contribution in [0.1, 0.15) is 11.3 Å². The molecule has 0 unspecified atom stereocenters. The van der Waals surface area contributed by atoms with Gasteiger partial charge in [-0.25, -0.2) is 0 Å². The van der Waals surface area contributed by atoms with Gasteiger partial charge in [0.25, 0.3) is 0 Å². The largest absolute Gasteiger partial charge is 0.392 e. The summed E-state index contributed by atoms with van der Waals surface area (Å²) in [5.41, 5.74) is 4.07. The number of pyridine rings is 1. The maximum Gasteiger partial charge on any atom is 0.161 e. The Labute approximate surface area is 154 Å². The van der Waals surface area contributed by atoms with Crippen LogP contribution in [0.15, 0.2) is 36.5 Å². The van der Waals surface area contributed by atoms with Gasteiger partial charge >= 0.3 is 0 Å². The Bertz CT molecular complexity index is 898. The maximum atomic E-state index is 9.22. The molecule has 0 amide bonds. The number of rotatable bonds is 3. The Morgan fingerprint density at radius 3 is 2.33 bits per heavy atom. The van der Waals surface area contributed by atoms with E-state index in [1.165, 1.54) is 0 Å². The van der Waals surface area contributed by atoms with Gasteiger partial charge in [-0.3, -0.25) is 4.98 Å². The van der Waals surface area contributed by atoms with Crippen LogP contribution in [-0.2, 0) is 6.61 Å². The molecule has 7 heteroatoms. The number of aliphatic hydroxyl groups excluding tert-OH is 1. The summed E-state index contributed by atoms with van der Waals surface area (Å²) >= 11 is 18.6. The summed E-state index contributed by atoms with van der Waals surface area (Å²) in [6.07, 6.45) is 1.55. The zero-order valence-corrected chi connectivity index (χ0v) is 14.9. The highest BCUT2D eigenvalue weighted by molar-refractivity contribution is 6.36. The molecule has 1 aromatic carbocycles. The molecule has 0 spiro atoms. The zero-order chi connectivity index (χ0) is 17.3. The lowest BCUT2D eigenvalue weighted by Crippen LogP contribution is -2.00. The monoisotopic (exact) mass is 379 g/mol. The standard InChI is InChI=1S/C17H12Cl3N3O/c1-9-14(11-2-4-12(18)5-3-11)15(17(20)23-22-9)16-13(19)6-10(8-24)7-21-16/h2-7,24H,8H2,1H3. The molecule has 2 aromatic heterocycles. The number of nitrogens with zero attached hydrogens (tertiary/aromatic N) is 3. The summed E-state index contributed by atoms with van der Waals surface area (Å²) in [4.78, 5) is 4.35. The molecule has 0 saturated carbocycles. The summed E-state index contributed by atoms with van der Waals surface area (Å²) in [7, 11) is 0. The van der Waals surface area contributed by atoms with Crippen LogP contribution in [0.4, 0.5) is 0 Å². The van der Waals surface area contributed by atoms with Gasteiger partial charge < -0.3 is 5.11 Å². The molecule has 0 radical (unpaired) electrons. The van der Waals surface area contributed by atoms with Crippen LogP contribution in [0.2, 0.25) is 15.2 Å². The third-order valence-corrected chi connectivity index (χ3v) is 4.36. The highest BCUT2D eigenvalue weighted by atomic mass is 35.5. The second-order valence-electron chi connectivity index (χ2n) is 5.17. The number of halogens is 3. The van der Waals surface area contributed by atoms with Gasteiger partial charge in [0, 0.05) is 16.8 Å². The molecule has 0 bridgehead atoms. The minimum absolute atomic E-state index is 0.140. The van der Waals surface area contributed by atoms with Gasteiger partial charge in [-0.15, -0.1) is 5.10 Å². The molecule has 0 aliphatic carbocycles. The number of aliphatic hydroxyl groups is 1. The lowest BCUT2D eigenvalue weighted by atomic mass is 9.97. The van der Waals surface area contributed by atoms with E-state index in [-0.39, 0.29) is 11.8 Å². The van der Waals surface area contributed by atoms with Crippen molar-refractivity contribution in [2.75, 3.05) is 0 Å². The van der Waals surface area contributed by atoms with Gasteiger partial charge in [0.15, 0.2) is 5.15 Å². The van der Waals surface area contributed by atoms with Crippen molar-refractivity contribution in [3.63, 3.8) is 0 Å². The van der Waals surface area contributed by atoms with Crippen molar-refractivity contribution in [2.45, 2.75) is 13.5 Å². The smallest absolute Gasteiger partial charge is 0.161 e. The second-order valence-corrected chi connectivity index (χ2v) is 6.37. The molecule has 2 heterocycles. The number of hydrogen-bond acceptors (Lipinski definition) is 4. The van der Waals surface area contributed by atoms with E-state index in [0.717, 1.165) is 11.1 Å². The molecule has 0 fully saturated rings. The van der Waals surface area contributed by atoms with Gasteiger partial charge in [0.2, 0.25) is 0 Å². The van der Waals surface area contributed by atoms with Crippen LogP contribution >= 0.6 is 34.8 Å². The Balaban J connectivity index is 2.28. The van der Waals surface area contributed by atoms with E-state index in [9.17, 15) is 5.11 Å². The van der Waals surface area contributed by atoms with Crippen LogP contribution in [0.25, 0.3) is 22.4 Å². The van der Waals surface area contributed by atoms with Crippen molar-refractivity contribution in [1.82, 2.24) is 15.2 Å². The summed E-state index contributed by atoms with van der Waals surface area (Å²) in [6.45, 7) is 1.70. The molecule has 3 rings (SSSR count). The van der Waals surface area contributed by atoms with Crippen molar-refractivity contribution in [1.29, 1.82) is 0 Å². The first-order chi connectivity index (χ1) is 11.5. The van der Waals surface area contributed by atoms with Gasteiger partial charge in [-0.1, -0.05) is 46.9 Å². The summed E-state index contributed by atoms with van der Waals surface area (Å²) in [5.74, 6) is 0. The highest BCUT2D eigenvalue weighted by Gasteiger charge is 2.20. The molecule has 3 aromatic rings. The average Bonchev–Trinajstić information content (AvgIpc) is 2.58. The van der Waals surface area contributed by atoms with Gasteiger partial charge in [-0.05, 0) is 36.2 Å². The molecule has 122 valence electrons. The maximum absolute atomic E-state index is 9.22. The van der Waals surface area contributed by atoms with E-state index in [0.29, 0.717) is 32.6 Å². The summed E-state index contributed by atoms with van der Waals surface area (Å²) < 4.78 is 0. The summed E-state index contributed by atoms with van der Waals surface area (Å²) in [6, 6.07) is 8.99. The summed E-state index contributed by atoms with van der Waals surface area (Å²) in [5, 5.41) is 18.5. The topological polar surface area (TPSA) is 58.9 Å². The molecular weight excluding hydrogens is 369 g/mol. The average molecular weight is 381 g/mol. The van der Waals surface area contributed by atoms with E-state index >= 15 is 0 Å². The molecule has 0 aliphatic heterocycles. The molecule has 1 N–H and O–H groups in total. The first kappa shape index (κ1) is 17.1. The second kappa shape index (κ2) is 7.03. The van der Waals surface area contributed by atoms with E-state index in [1.54, 1.807) is 24.4 Å². The van der Waals surface area contributed by atoms with Gasteiger partial charge in [-0.2, -0.15) is 5.10 Å². The van der Waals surface area contributed by atoms with Crippen LogP contribution in [0.3, 0.4) is 0 Å². The molecule has 24 heavy (non-hydrogen) atoms. The number of hydrogen-bond donors (Lipinski definition) is 1. The SMILES string of the molecule is Cc1nnc(Cl)c(-c2ncc(CO)cc2Cl)c1-c1ccc(Cl)cc1. The first-order valence-corrected chi connectivity index (χ1v) is 8.19. The quantitative estimate of drug-likeness (QED) is 0.697. The minimum Gasteiger partial charge on any atom is -0.392 e. The van der Waals surface area contributed by atoms with Crippen molar-refractivity contribution >= 4 is 34.8 Å². The zero-order valence-electron chi connectivity index (χ0n) is 12.6. The Morgan fingerprint density at radius 2 is 1.71 bits per heavy atom. The fourth-order valence-electron chi connectivity index (χ4n) is 2.44. The fourth-order valence-corrected chi connectivity index (χ4v) is 3.07. The predicted molar refractivity (Wildman–Crippen MR) is 96.4 cm³/mol. The highest BCUT2D eigenvalue weighted by Crippen LogP contribution is 2.40. The van der Waals surface area contributed by atoms with Gasteiger partial charge in [0.05, 0.1) is 28.6 Å². The van der Waals surface area contributed by atoms with E-state index in [4.69, 9.17) is 34.8 Å². The van der Waals surface area contributed by atoms with Crippen LogP contribution < -0.4 is 0 Å². The molecule has 4 nitrogen and oxygen atoms in total. The number of aryl methyl sites for hydroxylation is 1. The van der Waals surface area contributed by atoms with Crippen LogP contribution in [0, 0.1) is 6.92 Å². The molecule has 0 aliphatic rings. The molecule has 0 saturated heterocycles. The fraction of sp³-hybridized carbons (Fsp3) is 0.118. The lowest BCUT2D eigenvalue weighted by molar-refractivity contribution is 0.281. The van der Waals surface area contributed by atoms with Crippen molar-refractivity contribution < 1.29 is 5.11 Å². The van der Waals surface area contributed by atoms with Crippen LogP contribution in [0.5, 0.6) is 0 Å². The van der Waals surface area contributed by atoms with E-state index in [2.05, 4.69) is 15.2 Å². The van der Waals surface area contributed by atoms with E-state index in [1.807, 2.05) is 19.1 Å². The predicted octanol–water partition coefficient (Wildman–Crippen LogP) is 4.97. The lowest BCUT2D eigenvalue weighted by Gasteiger charge is -2.14. The van der Waals surface area contributed by atoms with E-state index < -0.39 is 0 Å². The third-order valence-electron chi connectivity index (χ3n) is 3.56. The third kappa shape index (κ3) is 3.23. The Morgan fingerprint density at radius 1 is 1.00 bits per heavy atom. The van der Waals surface area contributed by atoms with Crippen molar-refractivity contribution in [3.8, 4) is 22.4 Å². The molecule has 0 atom stereocenters. The van der Waals surface area contributed by atoms with Gasteiger partial charge in [0.1, 0.15) is 0 Å². The van der Waals surface area contributed by atoms with Crippen molar-refractivity contribution in [3.05, 3.63) is 63.0 Å². The van der Waals surface area contributed by atoms with Crippen molar-refractivity contribution in [2.24, 2.45) is 0 Å². The molecular formula is C17H12Cl3N3O. The Hall–Kier alpha value is -1.72. The Kier molecular flexibility index (Phi) is 5.01. The van der Waals surface area contributed by atoms with Crippen LogP contribution in [-0.4, -0.2) is 20.3 Å².